The van der Waals surface area contributed by atoms with Crippen molar-refractivity contribution in [3.8, 4) is 6.07 Å². The van der Waals surface area contributed by atoms with Gasteiger partial charge in [0.1, 0.15) is 17.9 Å². The third kappa shape index (κ3) is 2.16. The monoisotopic (exact) mass is 307 g/mol. The standard InChI is InChI=1S/C17H17N5O/c18-8-11-21-16-13-6-2-3-7-14(13)19-22(16)12-15(17(21)23)20-9-4-1-5-10-20/h2-3,6-7,12H,1,4-5,9-11H2. The molecule has 0 saturated carbocycles. The fraction of sp³-hybridized carbons (Fsp3) is 0.353. The van der Waals surface area contributed by atoms with Crippen LogP contribution in [-0.4, -0.2) is 27.3 Å². The molecule has 23 heavy (non-hydrogen) atoms. The normalized spacial score (nSPS) is 15.2. The van der Waals surface area contributed by atoms with E-state index in [1.54, 1.807) is 9.08 Å². The summed E-state index contributed by atoms with van der Waals surface area (Å²) in [5, 5.41) is 14.6. The molecule has 0 spiro atoms. The molecule has 3 aromatic rings. The number of nitrogens with zero attached hydrogens (tertiary/aromatic N) is 5. The molecule has 4 rings (SSSR count). The van der Waals surface area contributed by atoms with Gasteiger partial charge in [-0.2, -0.15) is 10.4 Å². The summed E-state index contributed by atoms with van der Waals surface area (Å²) in [6.45, 7) is 1.79. The summed E-state index contributed by atoms with van der Waals surface area (Å²) >= 11 is 0. The lowest BCUT2D eigenvalue weighted by molar-refractivity contribution is 0.572. The van der Waals surface area contributed by atoms with Crippen LogP contribution in [0.3, 0.4) is 0 Å². The molecule has 1 aromatic carbocycles. The molecule has 1 fully saturated rings. The number of anilines is 1. The highest BCUT2D eigenvalue weighted by Gasteiger charge is 2.19. The Labute approximate surface area is 133 Å². The maximum atomic E-state index is 12.9. The molecular formula is C17H17N5O. The minimum atomic E-state index is -0.105. The van der Waals surface area contributed by atoms with Gasteiger partial charge in [0.05, 0.1) is 17.8 Å². The van der Waals surface area contributed by atoms with Crippen LogP contribution in [0.25, 0.3) is 16.6 Å². The van der Waals surface area contributed by atoms with Gasteiger partial charge in [-0.1, -0.05) is 12.1 Å². The van der Waals surface area contributed by atoms with Crippen molar-refractivity contribution in [1.29, 1.82) is 5.26 Å². The molecule has 6 heteroatoms. The van der Waals surface area contributed by atoms with Crippen LogP contribution in [0.1, 0.15) is 19.3 Å². The minimum absolute atomic E-state index is 0.0275. The number of aromatic nitrogens is 3. The topological polar surface area (TPSA) is 66.3 Å². The van der Waals surface area contributed by atoms with Crippen LogP contribution in [-0.2, 0) is 6.54 Å². The van der Waals surface area contributed by atoms with E-state index in [1.165, 1.54) is 6.42 Å². The fourth-order valence-electron chi connectivity index (χ4n) is 3.37. The number of benzene rings is 1. The van der Waals surface area contributed by atoms with Gasteiger partial charge < -0.3 is 4.90 Å². The summed E-state index contributed by atoms with van der Waals surface area (Å²) < 4.78 is 3.28. The molecule has 1 saturated heterocycles. The second-order valence-corrected chi connectivity index (χ2v) is 5.90. The minimum Gasteiger partial charge on any atom is -0.366 e. The predicted octanol–water partition coefficient (Wildman–Crippen LogP) is 2.16. The van der Waals surface area contributed by atoms with Crippen molar-refractivity contribution in [2.45, 2.75) is 25.8 Å². The van der Waals surface area contributed by atoms with E-state index in [4.69, 9.17) is 5.26 Å². The molecule has 0 unspecified atom stereocenters. The Morgan fingerprint density at radius 1 is 1.17 bits per heavy atom. The molecule has 1 aliphatic rings. The molecule has 3 heterocycles. The summed E-state index contributed by atoms with van der Waals surface area (Å²) in [6.07, 6.45) is 5.21. The van der Waals surface area contributed by atoms with Gasteiger partial charge in [-0.25, -0.2) is 4.52 Å². The Hall–Kier alpha value is -2.81. The van der Waals surface area contributed by atoms with Gasteiger partial charge in [-0.15, -0.1) is 0 Å². The molecular weight excluding hydrogens is 290 g/mol. The Morgan fingerprint density at radius 3 is 2.74 bits per heavy atom. The Balaban J connectivity index is 2.03. The van der Waals surface area contributed by atoms with Crippen LogP contribution in [0, 0.1) is 11.3 Å². The van der Waals surface area contributed by atoms with Crippen LogP contribution < -0.4 is 10.5 Å². The Kier molecular flexibility index (Phi) is 3.27. The number of rotatable bonds is 2. The number of fused-ring (bicyclic) bond motifs is 3. The zero-order valence-corrected chi connectivity index (χ0v) is 12.8. The molecule has 1 aliphatic heterocycles. The lowest BCUT2D eigenvalue weighted by Gasteiger charge is -2.28. The van der Waals surface area contributed by atoms with Gasteiger partial charge in [0.25, 0.3) is 5.56 Å². The van der Waals surface area contributed by atoms with Gasteiger partial charge >= 0.3 is 0 Å². The highest BCUT2D eigenvalue weighted by molar-refractivity contribution is 5.92. The molecule has 2 aromatic heterocycles. The molecule has 116 valence electrons. The van der Waals surface area contributed by atoms with Gasteiger partial charge in [0.15, 0.2) is 0 Å². The first-order chi connectivity index (χ1) is 11.3. The first kappa shape index (κ1) is 13.8. The zero-order chi connectivity index (χ0) is 15.8. The van der Waals surface area contributed by atoms with E-state index in [0.717, 1.165) is 36.8 Å². The third-order valence-corrected chi connectivity index (χ3v) is 4.47. The first-order valence-electron chi connectivity index (χ1n) is 7.92. The van der Waals surface area contributed by atoms with Crippen LogP contribution in [0.15, 0.2) is 35.3 Å². The lowest BCUT2D eigenvalue weighted by atomic mass is 10.1. The zero-order valence-electron chi connectivity index (χ0n) is 12.8. The Morgan fingerprint density at radius 2 is 1.96 bits per heavy atom. The average molecular weight is 307 g/mol. The SMILES string of the molecule is N#CCn1c(=O)c(N2CCCCC2)cn2nc3ccccc3c12. The van der Waals surface area contributed by atoms with Crippen LogP contribution >= 0.6 is 0 Å². The smallest absolute Gasteiger partial charge is 0.278 e. The van der Waals surface area contributed by atoms with Crippen LogP contribution in [0.2, 0.25) is 0 Å². The largest absolute Gasteiger partial charge is 0.366 e. The van der Waals surface area contributed by atoms with Gasteiger partial charge in [0, 0.05) is 18.5 Å². The quantitative estimate of drug-likeness (QED) is 0.727. The van der Waals surface area contributed by atoms with E-state index in [1.807, 2.05) is 30.5 Å². The van der Waals surface area contributed by atoms with Crippen molar-refractivity contribution in [3.63, 3.8) is 0 Å². The van der Waals surface area contributed by atoms with E-state index in [9.17, 15) is 4.79 Å². The van der Waals surface area contributed by atoms with Crippen LogP contribution in [0.5, 0.6) is 0 Å². The van der Waals surface area contributed by atoms with Crippen molar-refractivity contribution < 1.29 is 0 Å². The maximum absolute atomic E-state index is 12.9. The van der Waals surface area contributed by atoms with E-state index < -0.39 is 0 Å². The highest BCUT2D eigenvalue weighted by Crippen LogP contribution is 2.22. The summed E-state index contributed by atoms with van der Waals surface area (Å²) in [5.41, 5.74) is 2.05. The highest BCUT2D eigenvalue weighted by atomic mass is 16.1. The second kappa shape index (κ2) is 5.43. The van der Waals surface area contributed by atoms with E-state index >= 15 is 0 Å². The molecule has 0 amide bonds. The maximum Gasteiger partial charge on any atom is 0.278 e. The molecule has 0 N–H and O–H groups in total. The van der Waals surface area contributed by atoms with Gasteiger partial charge in [-0.05, 0) is 31.4 Å². The predicted molar refractivity (Wildman–Crippen MR) is 88.6 cm³/mol. The summed E-state index contributed by atoms with van der Waals surface area (Å²) in [4.78, 5) is 15.1. The van der Waals surface area contributed by atoms with E-state index in [-0.39, 0.29) is 12.1 Å². The van der Waals surface area contributed by atoms with Crippen molar-refractivity contribution in [1.82, 2.24) is 14.2 Å². The van der Waals surface area contributed by atoms with E-state index in [0.29, 0.717) is 11.3 Å². The number of hydrogen-bond donors (Lipinski definition) is 0. The molecule has 0 atom stereocenters. The molecule has 6 nitrogen and oxygen atoms in total. The molecule has 0 radical (unpaired) electrons. The van der Waals surface area contributed by atoms with Gasteiger partial charge in [0.2, 0.25) is 0 Å². The average Bonchev–Trinajstić information content (AvgIpc) is 2.96. The molecule has 0 aliphatic carbocycles. The third-order valence-electron chi connectivity index (χ3n) is 4.47. The lowest BCUT2D eigenvalue weighted by Crippen LogP contribution is -2.36. The first-order valence-corrected chi connectivity index (χ1v) is 7.92. The van der Waals surface area contributed by atoms with Crippen LogP contribution in [0.4, 0.5) is 5.69 Å². The van der Waals surface area contributed by atoms with Crippen molar-refractivity contribution in [2.75, 3.05) is 18.0 Å². The van der Waals surface area contributed by atoms with Crippen molar-refractivity contribution in [2.24, 2.45) is 0 Å². The summed E-state index contributed by atoms with van der Waals surface area (Å²) in [5.74, 6) is 0. The van der Waals surface area contributed by atoms with Crippen molar-refractivity contribution in [3.05, 3.63) is 40.8 Å². The van der Waals surface area contributed by atoms with Crippen molar-refractivity contribution >= 4 is 22.2 Å². The Bertz CT molecular complexity index is 972. The van der Waals surface area contributed by atoms with E-state index in [2.05, 4.69) is 16.1 Å². The van der Waals surface area contributed by atoms with Gasteiger partial charge in [-0.3, -0.25) is 9.36 Å². The number of piperidine rings is 1. The number of hydrogen-bond acceptors (Lipinski definition) is 4. The molecule has 0 bridgehead atoms. The fourth-order valence-corrected chi connectivity index (χ4v) is 3.37. The number of nitriles is 1. The summed E-state index contributed by atoms with van der Waals surface area (Å²) in [6, 6.07) is 9.81. The second-order valence-electron chi connectivity index (χ2n) is 5.90. The summed E-state index contributed by atoms with van der Waals surface area (Å²) in [7, 11) is 0.